The summed E-state index contributed by atoms with van der Waals surface area (Å²) < 4.78 is 0. The molecule has 2 nitrogen and oxygen atoms in total. The first kappa shape index (κ1) is 10.0. The summed E-state index contributed by atoms with van der Waals surface area (Å²) in [4.78, 5) is 2.56. The van der Waals surface area contributed by atoms with Crippen LogP contribution < -0.4 is 5.32 Å². The first-order valence-corrected chi connectivity index (χ1v) is 5.17. The molecule has 0 aromatic carbocycles. The molecule has 1 rings (SSSR count). The van der Waals surface area contributed by atoms with Gasteiger partial charge >= 0.3 is 0 Å². The summed E-state index contributed by atoms with van der Waals surface area (Å²) in [6.45, 7) is 8.37. The van der Waals surface area contributed by atoms with E-state index < -0.39 is 0 Å². The fourth-order valence-corrected chi connectivity index (χ4v) is 2.02. The smallest absolute Gasteiger partial charge is 0.00762 e. The van der Waals surface area contributed by atoms with E-state index in [-0.39, 0.29) is 0 Å². The lowest BCUT2D eigenvalue weighted by atomic mass is 9.92. The maximum absolute atomic E-state index is 3.35. The van der Waals surface area contributed by atoms with Crippen molar-refractivity contribution in [1.29, 1.82) is 0 Å². The van der Waals surface area contributed by atoms with Gasteiger partial charge in [-0.3, -0.25) is 0 Å². The summed E-state index contributed by atoms with van der Waals surface area (Å²) >= 11 is 0. The van der Waals surface area contributed by atoms with E-state index in [1.54, 1.807) is 0 Å². The molecule has 0 spiro atoms. The van der Waals surface area contributed by atoms with Crippen molar-refractivity contribution in [3.63, 3.8) is 0 Å². The normalized spacial score (nSPS) is 28.8. The van der Waals surface area contributed by atoms with Crippen LogP contribution in [0.15, 0.2) is 0 Å². The summed E-state index contributed by atoms with van der Waals surface area (Å²) in [6, 6.07) is 0.680. The van der Waals surface area contributed by atoms with Gasteiger partial charge in [0, 0.05) is 12.6 Å². The molecule has 0 aliphatic carbocycles. The van der Waals surface area contributed by atoms with Crippen LogP contribution in [-0.4, -0.2) is 37.6 Å². The van der Waals surface area contributed by atoms with E-state index in [9.17, 15) is 0 Å². The van der Waals surface area contributed by atoms with Crippen molar-refractivity contribution in [3.8, 4) is 0 Å². The molecule has 1 aliphatic heterocycles. The lowest BCUT2D eigenvalue weighted by molar-refractivity contribution is 0.160. The monoisotopic (exact) mass is 170 g/mol. The Morgan fingerprint density at radius 3 is 2.92 bits per heavy atom. The van der Waals surface area contributed by atoms with Crippen molar-refractivity contribution < 1.29 is 0 Å². The van der Waals surface area contributed by atoms with Crippen molar-refractivity contribution in [2.24, 2.45) is 5.92 Å². The summed E-state index contributed by atoms with van der Waals surface area (Å²) in [5.41, 5.74) is 0. The maximum atomic E-state index is 3.35. The molecule has 0 amide bonds. The zero-order chi connectivity index (χ0) is 8.97. The van der Waals surface area contributed by atoms with Crippen LogP contribution >= 0.6 is 0 Å². The number of hydrogen-bond donors (Lipinski definition) is 1. The lowest BCUT2D eigenvalue weighted by Gasteiger charge is -2.35. The Morgan fingerprint density at radius 2 is 2.33 bits per heavy atom. The molecule has 1 unspecified atom stereocenters. The summed E-state index contributed by atoms with van der Waals surface area (Å²) in [6.07, 6.45) is 2.78. The van der Waals surface area contributed by atoms with E-state index in [4.69, 9.17) is 0 Å². The van der Waals surface area contributed by atoms with Crippen LogP contribution in [-0.2, 0) is 0 Å². The van der Waals surface area contributed by atoms with Crippen LogP contribution in [0.2, 0.25) is 0 Å². The fourth-order valence-electron chi connectivity index (χ4n) is 2.02. The van der Waals surface area contributed by atoms with Gasteiger partial charge in [0.05, 0.1) is 0 Å². The molecule has 0 radical (unpaired) electrons. The summed E-state index contributed by atoms with van der Waals surface area (Å²) in [5, 5.41) is 3.35. The third-order valence-electron chi connectivity index (χ3n) is 3.15. The Bertz CT molecular complexity index is 123. The van der Waals surface area contributed by atoms with Crippen molar-refractivity contribution in [1.82, 2.24) is 10.2 Å². The molecule has 1 fully saturated rings. The first-order valence-electron chi connectivity index (χ1n) is 5.17. The molecular formula is C10H22N2. The van der Waals surface area contributed by atoms with E-state index in [0.29, 0.717) is 6.04 Å². The SMILES string of the molecule is CCN1CCC[C@@H](C(C)NC)C1. The number of piperidine rings is 1. The van der Waals surface area contributed by atoms with E-state index in [2.05, 4.69) is 31.1 Å². The molecule has 0 aromatic heterocycles. The van der Waals surface area contributed by atoms with E-state index >= 15 is 0 Å². The Kier molecular flexibility index (Phi) is 4.02. The Morgan fingerprint density at radius 1 is 1.58 bits per heavy atom. The van der Waals surface area contributed by atoms with Gasteiger partial charge in [-0.1, -0.05) is 6.92 Å². The third kappa shape index (κ3) is 2.46. The summed E-state index contributed by atoms with van der Waals surface area (Å²) in [5.74, 6) is 0.865. The average Bonchev–Trinajstić information content (AvgIpc) is 2.17. The molecule has 1 heterocycles. The molecule has 12 heavy (non-hydrogen) atoms. The quantitative estimate of drug-likeness (QED) is 0.687. The van der Waals surface area contributed by atoms with Gasteiger partial charge < -0.3 is 10.2 Å². The minimum absolute atomic E-state index is 0.680. The second-order valence-electron chi connectivity index (χ2n) is 3.87. The highest BCUT2D eigenvalue weighted by atomic mass is 15.1. The molecule has 0 aromatic rings. The van der Waals surface area contributed by atoms with Gasteiger partial charge in [-0.2, -0.15) is 0 Å². The van der Waals surface area contributed by atoms with Crippen molar-refractivity contribution in [2.75, 3.05) is 26.7 Å². The van der Waals surface area contributed by atoms with Crippen molar-refractivity contribution in [2.45, 2.75) is 32.7 Å². The van der Waals surface area contributed by atoms with Crippen LogP contribution in [0, 0.1) is 5.92 Å². The first-order chi connectivity index (χ1) is 5.77. The maximum Gasteiger partial charge on any atom is 0.00762 e. The Labute approximate surface area is 76.3 Å². The van der Waals surface area contributed by atoms with Gasteiger partial charge in [0.25, 0.3) is 0 Å². The van der Waals surface area contributed by atoms with E-state index in [1.807, 2.05) is 0 Å². The third-order valence-corrected chi connectivity index (χ3v) is 3.15. The van der Waals surface area contributed by atoms with Crippen LogP contribution in [0.25, 0.3) is 0 Å². The zero-order valence-electron chi connectivity index (χ0n) is 8.64. The van der Waals surface area contributed by atoms with Gasteiger partial charge in [0.1, 0.15) is 0 Å². The van der Waals surface area contributed by atoms with Gasteiger partial charge in [-0.15, -0.1) is 0 Å². The number of hydrogen-bond acceptors (Lipinski definition) is 2. The predicted molar refractivity (Wildman–Crippen MR) is 53.4 cm³/mol. The van der Waals surface area contributed by atoms with Crippen LogP contribution in [0.3, 0.4) is 0 Å². The largest absolute Gasteiger partial charge is 0.317 e. The van der Waals surface area contributed by atoms with E-state index in [0.717, 1.165) is 5.92 Å². The van der Waals surface area contributed by atoms with Crippen LogP contribution in [0.4, 0.5) is 0 Å². The fraction of sp³-hybridized carbons (Fsp3) is 1.00. The second-order valence-corrected chi connectivity index (χ2v) is 3.87. The predicted octanol–water partition coefficient (Wildman–Crippen LogP) is 1.33. The minimum atomic E-state index is 0.680. The van der Waals surface area contributed by atoms with Crippen molar-refractivity contribution >= 4 is 0 Å². The molecule has 0 saturated carbocycles. The Balaban J connectivity index is 2.34. The highest BCUT2D eigenvalue weighted by Crippen LogP contribution is 2.18. The lowest BCUT2D eigenvalue weighted by Crippen LogP contribution is -2.43. The number of nitrogens with zero attached hydrogens (tertiary/aromatic N) is 1. The minimum Gasteiger partial charge on any atom is -0.317 e. The Hall–Kier alpha value is -0.0800. The number of likely N-dealkylation sites (tertiary alicyclic amines) is 1. The second kappa shape index (κ2) is 4.83. The van der Waals surface area contributed by atoms with Gasteiger partial charge in [-0.05, 0) is 45.8 Å². The standard InChI is InChI=1S/C10H22N2/c1-4-12-7-5-6-10(8-12)9(2)11-3/h9-11H,4-8H2,1-3H3/t9?,10-/m1/s1. The average molecular weight is 170 g/mol. The molecule has 1 aliphatic rings. The highest BCUT2D eigenvalue weighted by Gasteiger charge is 2.22. The van der Waals surface area contributed by atoms with Gasteiger partial charge in [0.2, 0.25) is 0 Å². The number of nitrogens with one attached hydrogen (secondary N) is 1. The zero-order valence-corrected chi connectivity index (χ0v) is 8.64. The molecule has 72 valence electrons. The molecule has 2 atom stereocenters. The molecular weight excluding hydrogens is 148 g/mol. The van der Waals surface area contributed by atoms with Crippen molar-refractivity contribution in [3.05, 3.63) is 0 Å². The van der Waals surface area contributed by atoms with E-state index in [1.165, 1.54) is 32.5 Å². The summed E-state index contributed by atoms with van der Waals surface area (Å²) in [7, 11) is 2.07. The topological polar surface area (TPSA) is 15.3 Å². The van der Waals surface area contributed by atoms with Gasteiger partial charge in [0.15, 0.2) is 0 Å². The highest BCUT2D eigenvalue weighted by molar-refractivity contribution is 4.78. The molecule has 2 heteroatoms. The molecule has 0 bridgehead atoms. The van der Waals surface area contributed by atoms with Crippen LogP contribution in [0.1, 0.15) is 26.7 Å². The van der Waals surface area contributed by atoms with Crippen LogP contribution in [0.5, 0.6) is 0 Å². The number of rotatable bonds is 3. The molecule has 1 saturated heterocycles. The molecule has 1 N–H and O–H groups in total. The van der Waals surface area contributed by atoms with Gasteiger partial charge in [-0.25, -0.2) is 0 Å².